The standard InChI is InChI=1S/C16H16N2O/c19-17-16-12-18(10-13-6-2-1-3-7-13)11-14-8-4-5-9-15(14)16/h1-9,19H,10-12H2/b17-16-. The van der Waals surface area contributed by atoms with Gasteiger partial charge in [-0.1, -0.05) is 59.8 Å². The van der Waals surface area contributed by atoms with Crippen LogP contribution < -0.4 is 0 Å². The van der Waals surface area contributed by atoms with Crippen molar-refractivity contribution in [2.75, 3.05) is 6.54 Å². The van der Waals surface area contributed by atoms with E-state index in [0.29, 0.717) is 6.54 Å². The molecule has 0 saturated carbocycles. The molecule has 0 spiro atoms. The van der Waals surface area contributed by atoms with Gasteiger partial charge in [0.05, 0.1) is 0 Å². The summed E-state index contributed by atoms with van der Waals surface area (Å²) in [5, 5.41) is 12.6. The predicted molar refractivity (Wildman–Crippen MR) is 75.3 cm³/mol. The van der Waals surface area contributed by atoms with Gasteiger partial charge in [0, 0.05) is 25.2 Å². The van der Waals surface area contributed by atoms with Gasteiger partial charge in [-0.05, 0) is 11.1 Å². The maximum atomic E-state index is 9.18. The van der Waals surface area contributed by atoms with Crippen molar-refractivity contribution in [2.45, 2.75) is 13.1 Å². The molecule has 1 aliphatic heterocycles. The average molecular weight is 252 g/mol. The van der Waals surface area contributed by atoms with E-state index >= 15 is 0 Å². The molecular weight excluding hydrogens is 236 g/mol. The minimum Gasteiger partial charge on any atom is -0.411 e. The summed E-state index contributed by atoms with van der Waals surface area (Å²) >= 11 is 0. The van der Waals surface area contributed by atoms with Gasteiger partial charge in [-0.15, -0.1) is 0 Å². The van der Waals surface area contributed by atoms with E-state index in [2.05, 4.69) is 28.3 Å². The predicted octanol–water partition coefficient (Wildman–Crippen LogP) is 2.88. The third kappa shape index (κ3) is 2.51. The van der Waals surface area contributed by atoms with Crippen molar-refractivity contribution in [1.29, 1.82) is 0 Å². The normalized spacial score (nSPS) is 17.4. The highest BCUT2D eigenvalue weighted by molar-refractivity contribution is 6.03. The molecule has 0 atom stereocenters. The highest BCUT2D eigenvalue weighted by Gasteiger charge is 2.21. The van der Waals surface area contributed by atoms with Crippen molar-refractivity contribution in [1.82, 2.24) is 4.90 Å². The monoisotopic (exact) mass is 252 g/mol. The number of rotatable bonds is 2. The molecule has 1 heterocycles. The van der Waals surface area contributed by atoms with Crippen molar-refractivity contribution in [3.05, 3.63) is 71.3 Å². The molecule has 2 aromatic carbocycles. The Labute approximate surface area is 112 Å². The Hall–Kier alpha value is -2.13. The van der Waals surface area contributed by atoms with Crippen molar-refractivity contribution >= 4 is 5.71 Å². The molecule has 0 amide bonds. The van der Waals surface area contributed by atoms with E-state index in [-0.39, 0.29) is 0 Å². The Morgan fingerprint density at radius 2 is 1.68 bits per heavy atom. The van der Waals surface area contributed by atoms with Gasteiger partial charge in [-0.25, -0.2) is 0 Å². The lowest BCUT2D eigenvalue weighted by atomic mass is 9.98. The first kappa shape index (κ1) is 11.9. The van der Waals surface area contributed by atoms with Crippen LogP contribution in [0.25, 0.3) is 0 Å². The maximum absolute atomic E-state index is 9.18. The van der Waals surface area contributed by atoms with Crippen LogP contribution >= 0.6 is 0 Å². The Morgan fingerprint density at radius 1 is 0.947 bits per heavy atom. The highest BCUT2D eigenvalue weighted by atomic mass is 16.4. The second-order valence-electron chi connectivity index (χ2n) is 4.83. The van der Waals surface area contributed by atoms with Crippen LogP contribution in [0.4, 0.5) is 0 Å². The zero-order valence-corrected chi connectivity index (χ0v) is 10.7. The molecule has 3 rings (SSSR count). The fourth-order valence-electron chi connectivity index (χ4n) is 2.57. The molecule has 19 heavy (non-hydrogen) atoms. The van der Waals surface area contributed by atoms with Crippen LogP contribution in [0.3, 0.4) is 0 Å². The topological polar surface area (TPSA) is 35.8 Å². The number of hydrogen-bond donors (Lipinski definition) is 1. The van der Waals surface area contributed by atoms with Gasteiger partial charge in [0.15, 0.2) is 0 Å². The summed E-state index contributed by atoms with van der Waals surface area (Å²) in [5.74, 6) is 0. The maximum Gasteiger partial charge on any atom is 0.101 e. The van der Waals surface area contributed by atoms with Gasteiger partial charge < -0.3 is 5.21 Å². The minimum absolute atomic E-state index is 0.683. The third-order valence-corrected chi connectivity index (χ3v) is 3.47. The molecule has 0 bridgehead atoms. The van der Waals surface area contributed by atoms with E-state index in [4.69, 9.17) is 0 Å². The lowest BCUT2D eigenvalue weighted by Gasteiger charge is -2.29. The second-order valence-corrected chi connectivity index (χ2v) is 4.83. The quantitative estimate of drug-likeness (QED) is 0.659. The summed E-state index contributed by atoms with van der Waals surface area (Å²) in [6, 6.07) is 18.5. The van der Waals surface area contributed by atoms with Crippen LogP contribution in [0.15, 0.2) is 59.8 Å². The SMILES string of the molecule is O/N=C1/CN(Cc2ccccc2)Cc2ccccc21. The van der Waals surface area contributed by atoms with Crippen LogP contribution in [-0.4, -0.2) is 22.4 Å². The van der Waals surface area contributed by atoms with Crippen LogP contribution in [-0.2, 0) is 13.1 Å². The summed E-state index contributed by atoms with van der Waals surface area (Å²) in [4.78, 5) is 2.28. The molecular formula is C16H16N2O. The van der Waals surface area contributed by atoms with E-state index in [9.17, 15) is 5.21 Å². The highest BCUT2D eigenvalue weighted by Crippen LogP contribution is 2.20. The van der Waals surface area contributed by atoms with Gasteiger partial charge in [0.2, 0.25) is 0 Å². The van der Waals surface area contributed by atoms with E-state index in [1.165, 1.54) is 11.1 Å². The lowest BCUT2D eigenvalue weighted by Crippen LogP contribution is -2.35. The largest absolute Gasteiger partial charge is 0.411 e. The molecule has 96 valence electrons. The zero-order chi connectivity index (χ0) is 13.1. The fraction of sp³-hybridized carbons (Fsp3) is 0.188. The van der Waals surface area contributed by atoms with Gasteiger partial charge in [0.25, 0.3) is 0 Å². The van der Waals surface area contributed by atoms with E-state index in [1.54, 1.807) is 0 Å². The number of hydrogen-bond acceptors (Lipinski definition) is 3. The Bertz CT molecular complexity index is 593. The summed E-state index contributed by atoms with van der Waals surface area (Å²) in [5.41, 5.74) is 4.31. The molecule has 0 fully saturated rings. The fourth-order valence-corrected chi connectivity index (χ4v) is 2.57. The van der Waals surface area contributed by atoms with E-state index in [1.807, 2.05) is 36.4 Å². The molecule has 2 aromatic rings. The van der Waals surface area contributed by atoms with Gasteiger partial charge >= 0.3 is 0 Å². The van der Waals surface area contributed by atoms with Crippen LogP contribution in [0, 0.1) is 0 Å². The second kappa shape index (κ2) is 5.24. The summed E-state index contributed by atoms with van der Waals surface area (Å²) in [6.07, 6.45) is 0. The van der Waals surface area contributed by atoms with E-state index in [0.717, 1.165) is 24.4 Å². The first-order valence-electron chi connectivity index (χ1n) is 6.42. The first-order valence-corrected chi connectivity index (χ1v) is 6.42. The Morgan fingerprint density at radius 3 is 2.47 bits per heavy atom. The van der Waals surface area contributed by atoms with Crippen LogP contribution in [0.2, 0.25) is 0 Å². The van der Waals surface area contributed by atoms with E-state index < -0.39 is 0 Å². The molecule has 0 saturated heterocycles. The first-order chi connectivity index (χ1) is 9.36. The lowest BCUT2D eigenvalue weighted by molar-refractivity contribution is 0.274. The Balaban J connectivity index is 1.84. The molecule has 0 aliphatic carbocycles. The van der Waals surface area contributed by atoms with Gasteiger partial charge in [0.1, 0.15) is 5.71 Å². The van der Waals surface area contributed by atoms with Crippen LogP contribution in [0.1, 0.15) is 16.7 Å². The summed E-state index contributed by atoms with van der Waals surface area (Å²) < 4.78 is 0. The molecule has 0 unspecified atom stereocenters. The van der Waals surface area contributed by atoms with Gasteiger partial charge in [-0.2, -0.15) is 0 Å². The summed E-state index contributed by atoms with van der Waals surface area (Å²) in [6.45, 7) is 2.45. The van der Waals surface area contributed by atoms with Crippen molar-refractivity contribution in [3.63, 3.8) is 0 Å². The Kier molecular flexibility index (Phi) is 3.29. The molecule has 3 heteroatoms. The summed E-state index contributed by atoms with van der Waals surface area (Å²) in [7, 11) is 0. The molecule has 0 radical (unpaired) electrons. The van der Waals surface area contributed by atoms with Crippen molar-refractivity contribution < 1.29 is 5.21 Å². The number of fused-ring (bicyclic) bond motifs is 1. The molecule has 3 nitrogen and oxygen atoms in total. The van der Waals surface area contributed by atoms with Gasteiger partial charge in [-0.3, -0.25) is 4.90 Å². The zero-order valence-electron chi connectivity index (χ0n) is 10.7. The average Bonchev–Trinajstić information content (AvgIpc) is 2.47. The number of nitrogens with zero attached hydrogens (tertiary/aromatic N) is 2. The van der Waals surface area contributed by atoms with Crippen molar-refractivity contribution in [2.24, 2.45) is 5.16 Å². The minimum atomic E-state index is 0.683. The number of benzene rings is 2. The number of oxime groups is 1. The smallest absolute Gasteiger partial charge is 0.101 e. The van der Waals surface area contributed by atoms with Crippen molar-refractivity contribution in [3.8, 4) is 0 Å². The molecule has 0 aromatic heterocycles. The molecule has 1 aliphatic rings. The third-order valence-electron chi connectivity index (χ3n) is 3.47. The molecule has 1 N–H and O–H groups in total. The van der Waals surface area contributed by atoms with Crippen LogP contribution in [0.5, 0.6) is 0 Å².